The van der Waals surface area contributed by atoms with Crippen molar-refractivity contribution in [3.8, 4) is 17.2 Å². The Morgan fingerprint density at radius 2 is 1.69 bits per heavy atom. The van der Waals surface area contributed by atoms with Crippen LogP contribution in [0.5, 0.6) is 17.2 Å². The Labute approximate surface area is 208 Å². The van der Waals surface area contributed by atoms with E-state index in [2.05, 4.69) is 20.9 Å². The van der Waals surface area contributed by atoms with Crippen molar-refractivity contribution in [2.45, 2.75) is 6.92 Å². The summed E-state index contributed by atoms with van der Waals surface area (Å²) in [6.45, 7) is 1.28. The quantitative estimate of drug-likeness (QED) is 0.250. The number of cyclic esters (lactones) is 1. The van der Waals surface area contributed by atoms with Crippen molar-refractivity contribution < 1.29 is 33.3 Å². The Morgan fingerprint density at radius 1 is 0.943 bits per heavy atom. The van der Waals surface area contributed by atoms with E-state index in [1.807, 2.05) is 0 Å². The maximum absolute atomic E-state index is 12.5. The van der Waals surface area contributed by atoms with Gasteiger partial charge in [0, 0.05) is 22.5 Å². The molecule has 0 saturated heterocycles. The monoisotopic (exact) mass is 535 g/mol. The van der Waals surface area contributed by atoms with Crippen LogP contribution in [0.15, 0.2) is 81.9 Å². The maximum Gasteiger partial charge on any atom is 0.363 e. The third-order valence-electron chi connectivity index (χ3n) is 4.76. The number of nitrogens with zero attached hydrogens (tertiary/aromatic N) is 1. The molecule has 0 N–H and O–H groups in total. The van der Waals surface area contributed by atoms with E-state index in [0.29, 0.717) is 21.2 Å². The van der Waals surface area contributed by atoms with E-state index in [1.165, 1.54) is 26.2 Å². The van der Waals surface area contributed by atoms with Gasteiger partial charge in [0.05, 0.1) is 12.7 Å². The molecule has 0 saturated carbocycles. The highest BCUT2D eigenvalue weighted by Gasteiger charge is 2.26. The van der Waals surface area contributed by atoms with Crippen LogP contribution in [0, 0.1) is 0 Å². The number of hydrogen-bond acceptors (Lipinski definition) is 8. The summed E-state index contributed by atoms with van der Waals surface area (Å²) < 4.78 is 22.0. The molecule has 3 aromatic rings. The van der Waals surface area contributed by atoms with Gasteiger partial charge in [0.2, 0.25) is 5.90 Å². The first kappa shape index (κ1) is 23.9. The molecule has 0 aliphatic carbocycles. The zero-order valence-electron chi connectivity index (χ0n) is 18.6. The van der Waals surface area contributed by atoms with Crippen LogP contribution in [-0.2, 0) is 14.3 Å². The second-order valence-corrected chi connectivity index (χ2v) is 8.15. The molecule has 35 heavy (non-hydrogen) atoms. The van der Waals surface area contributed by atoms with Crippen LogP contribution in [0.1, 0.15) is 28.4 Å². The predicted molar refractivity (Wildman–Crippen MR) is 130 cm³/mol. The lowest BCUT2D eigenvalue weighted by Crippen LogP contribution is -2.09. The van der Waals surface area contributed by atoms with E-state index in [-0.39, 0.29) is 28.8 Å². The number of carbonyl (C=O) groups excluding carboxylic acids is 3. The molecule has 3 aromatic carbocycles. The Morgan fingerprint density at radius 3 is 2.40 bits per heavy atom. The highest BCUT2D eigenvalue weighted by molar-refractivity contribution is 9.10. The van der Waals surface area contributed by atoms with E-state index >= 15 is 0 Å². The molecule has 0 spiro atoms. The van der Waals surface area contributed by atoms with Crippen LogP contribution < -0.4 is 14.2 Å². The van der Waals surface area contributed by atoms with E-state index in [0.717, 1.165) is 0 Å². The Hall–Kier alpha value is -4.24. The summed E-state index contributed by atoms with van der Waals surface area (Å²) in [4.78, 5) is 40.6. The van der Waals surface area contributed by atoms with Crippen molar-refractivity contribution in [3.05, 3.63) is 93.6 Å². The topological polar surface area (TPSA) is 100 Å². The lowest BCUT2D eigenvalue weighted by molar-refractivity contribution is -0.132. The van der Waals surface area contributed by atoms with Gasteiger partial charge >= 0.3 is 17.9 Å². The average Bonchev–Trinajstić information content (AvgIpc) is 3.21. The summed E-state index contributed by atoms with van der Waals surface area (Å²) in [5.41, 5.74) is 1.29. The second kappa shape index (κ2) is 10.4. The number of benzene rings is 3. The van der Waals surface area contributed by atoms with Crippen LogP contribution >= 0.6 is 15.9 Å². The lowest BCUT2D eigenvalue weighted by Gasteiger charge is -2.09. The first-order valence-corrected chi connectivity index (χ1v) is 11.1. The highest BCUT2D eigenvalue weighted by Crippen LogP contribution is 2.31. The highest BCUT2D eigenvalue weighted by atomic mass is 79.9. The molecule has 0 unspecified atom stereocenters. The van der Waals surface area contributed by atoms with Crippen molar-refractivity contribution in [1.82, 2.24) is 0 Å². The molecular formula is C26H18BrNO7. The van der Waals surface area contributed by atoms with E-state index < -0.39 is 17.9 Å². The Kier molecular flexibility index (Phi) is 7.07. The van der Waals surface area contributed by atoms with E-state index in [1.54, 1.807) is 60.7 Å². The molecule has 0 amide bonds. The molecule has 4 rings (SSSR count). The number of halogens is 1. The molecule has 176 valence electrons. The van der Waals surface area contributed by atoms with Gasteiger partial charge in [-0.3, -0.25) is 4.79 Å². The molecular weight excluding hydrogens is 518 g/mol. The third-order valence-corrected chi connectivity index (χ3v) is 5.25. The second-order valence-electron chi connectivity index (χ2n) is 7.23. The minimum Gasteiger partial charge on any atom is -0.493 e. The first-order valence-electron chi connectivity index (χ1n) is 10.3. The van der Waals surface area contributed by atoms with Crippen molar-refractivity contribution in [2.75, 3.05) is 7.11 Å². The van der Waals surface area contributed by atoms with Gasteiger partial charge in [0.15, 0.2) is 17.2 Å². The normalized spacial score (nSPS) is 13.7. The fraction of sp³-hybridized carbons (Fsp3) is 0.0769. The molecule has 0 aromatic heterocycles. The van der Waals surface area contributed by atoms with Crippen molar-refractivity contribution in [2.24, 2.45) is 4.99 Å². The maximum atomic E-state index is 12.5. The molecule has 0 radical (unpaired) electrons. The van der Waals surface area contributed by atoms with Gasteiger partial charge in [0.1, 0.15) is 5.75 Å². The van der Waals surface area contributed by atoms with Crippen LogP contribution in [-0.4, -0.2) is 30.9 Å². The molecule has 0 atom stereocenters. The molecule has 1 aliphatic heterocycles. The van der Waals surface area contributed by atoms with Crippen LogP contribution in [0.3, 0.4) is 0 Å². The fourth-order valence-corrected chi connectivity index (χ4v) is 3.56. The number of ether oxygens (including phenoxy) is 4. The number of carbonyl (C=O) groups is 3. The molecule has 0 bridgehead atoms. The molecule has 1 heterocycles. The smallest absolute Gasteiger partial charge is 0.363 e. The number of aliphatic imine (C=N–C) groups is 1. The number of hydrogen-bond donors (Lipinski definition) is 0. The van der Waals surface area contributed by atoms with Crippen LogP contribution in [0.2, 0.25) is 0 Å². The summed E-state index contributed by atoms with van der Waals surface area (Å²) >= 11 is 3.39. The van der Waals surface area contributed by atoms with Gasteiger partial charge in [0.25, 0.3) is 0 Å². The largest absolute Gasteiger partial charge is 0.493 e. The lowest BCUT2D eigenvalue weighted by atomic mass is 10.1. The molecule has 8 nitrogen and oxygen atoms in total. The van der Waals surface area contributed by atoms with Gasteiger partial charge in [-0.05, 0) is 54.6 Å². The minimum atomic E-state index is -0.677. The van der Waals surface area contributed by atoms with E-state index in [9.17, 15) is 14.4 Å². The molecule has 1 aliphatic rings. The summed E-state index contributed by atoms with van der Waals surface area (Å²) in [7, 11) is 1.42. The summed E-state index contributed by atoms with van der Waals surface area (Å²) in [6.07, 6.45) is 1.47. The first-order chi connectivity index (χ1) is 16.8. The van der Waals surface area contributed by atoms with Crippen LogP contribution in [0.25, 0.3) is 6.08 Å². The van der Waals surface area contributed by atoms with E-state index in [4.69, 9.17) is 18.9 Å². The molecule has 0 fully saturated rings. The average molecular weight is 536 g/mol. The Bertz CT molecular complexity index is 1380. The van der Waals surface area contributed by atoms with Crippen molar-refractivity contribution in [1.29, 1.82) is 0 Å². The number of rotatable bonds is 6. The summed E-state index contributed by atoms with van der Waals surface area (Å²) in [5.74, 6) is -0.914. The Balaban J connectivity index is 1.65. The number of methoxy groups -OCH3 is 1. The minimum absolute atomic E-state index is 0.0122. The van der Waals surface area contributed by atoms with Gasteiger partial charge in [-0.2, -0.15) is 0 Å². The van der Waals surface area contributed by atoms with Gasteiger partial charge in [-0.25, -0.2) is 14.6 Å². The van der Waals surface area contributed by atoms with Gasteiger partial charge in [-0.15, -0.1) is 0 Å². The predicted octanol–water partition coefficient (Wildman–Crippen LogP) is 4.95. The molecule has 9 heteroatoms. The van der Waals surface area contributed by atoms with Crippen molar-refractivity contribution >= 4 is 45.8 Å². The summed E-state index contributed by atoms with van der Waals surface area (Å²) in [6, 6.07) is 18.2. The summed E-state index contributed by atoms with van der Waals surface area (Å²) in [5, 5.41) is 0. The SMILES string of the molecule is COc1cc(C2=N/C(=C\c3cc(Br)ccc3OC(=O)c3ccccc3)C(=O)O2)ccc1OC(C)=O. The van der Waals surface area contributed by atoms with Gasteiger partial charge < -0.3 is 18.9 Å². The zero-order chi connectivity index (χ0) is 24.9. The van der Waals surface area contributed by atoms with Gasteiger partial charge in [-0.1, -0.05) is 34.1 Å². The third kappa shape index (κ3) is 5.64. The standard InChI is InChI=1S/C26H18BrNO7/c1-15(29)33-22-10-8-17(14-23(22)32-2)24-28-20(26(31)35-24)13-18-12-19(27)9-11-21(18)34-25(30)16-6-4-3-5-7-16/h3-14H,1-2H3/b20-13-. The zero-order valence-corrected chi connectivity index (χ0v) is 20.2. The number of esters is 3. The van der Waals surface area contributed by atoms with Crippen LogP contribution in [0.4, 0.5) is 0 Å². The van der Waals surface area contributed by atoms with Crippen molar-refractivity contribution in [3.63, 3.8) is 0 Å². The fourth-order valence-electron chi connectivity index (χ4n) is 3.18.